The summed E-state index contributed by atoms with van der Waals surface area (Å²) in [4.78, 5) is 27.1. The van der Waals surface area contributed by atoms with Crippen LogP contribution in [0.3, 0.4) is 0 Å². The van der Waals surface area contributed by atoms with Crippen molar-refractivity contribution in [1.29, 1.82) is 0 Å². The molecule has 0 unspecified atom stereocenters. The van der Waals surface area contributed by atoms with E-state index >= 15 is 0 Å². The molecule has 1 aliphatic rings. The fourth-order valence-electron chi connectivity index (χ4n) is 3.70. The van der Waals surface area contributed by atoms with Gasteiger partial charge in [0.1, 0.15) is 0 Å². The molecule has 0 bridgehead atoms. The molecule has 1 aromatic heterocycles. The summed E-state index contributed by atoms with van der Waals surface area (Å²) in [5, 5.41) is 0.440. The second kappa shape index (κ2) is 7.50. The van der Waals surface area contributed by atoms with Crippen molar-refractivity contribution in [1.82, 2.24) is 4.90 Å². The Morgan fingerprint density at radius 3 is 2.48 bits per heavy atom. The van der Waals surface area contributed by atoms with E-state index in [1.165, 1.54) is 33.0 Å². The number of furan rings is 1. The van der Waals surface area contributed by atoms with Crippen LogP contribution in [-0.2, 0) is 17.7 Å². The molecule has 150 valence electrons. The third-order valence-corrected chi connectivity index (χ3v) is 5.19. The van der Waals surface area contributed by atoms with E-state index in [0.29, 0.717) is 30.0 Å². The Morgan fingerprint density at radius 1 is 1.03 bits per heavy atom. The van der Waals surface area contributed by atoms with Crippen LogP contribution in [0, 0.1) is 0 Å². The molecule has 0 spiro atoms. The minimum atomic E-state index is -0.553. The van der Waals surface area contributed by atoms with E-state index in [2.05, 4.69) is 6.07 Å². The number of ether oxygens (including phenoxy) is 3. The van der Waals surface area contributed by atoms with Gasteiger partial charge in [0, 0.05) is 18.5 Å². The van der Waals surface area contributed by atoms with Gasteiger partial charge in [-0.2, -0.15) is 0 Å². The van der Waals surface area contributed by atoms with E-state index in [1.807, 2.05) is 18.2 Å². The predicted octanol–water partition coefficient (Wildman–Crippen LogP) is 3.44. The summed E-state index contributed by atoms with van der Waals surface area (Å²) in [6, 6.07) is 11.2. The van der Waals surface area contributed by atoms with E-state index in [1.54, 1.807) is 11.0 Å². The second-order valence-electron chi connectivity index (χ2n) is 6.75. The first kappa shape index (κ1) is 18.9. The quantitative estimate of drug-likeness (QED) is 0.630. The first-order chi connectivity index (χ1) is 14.1. The predicted molar refractivity (Wildman–Crippen MR) is 106 cm³/mol. The Morgan fingerprint density at radius 2 is 1.79 bits per heavy atom. The molecule has 1 amide bonds. The summed E-state index contributed by atoms with van der Waals surface area (Å²) >= 11 is 0. The number of amides is 1. The molecule has 4 rings (SSSR count). The lowest BCUT2D eigenvalue weighted by molar-refractivity contribution is 0.0602. The first-order valence-electron chi connectivity index (χ1n) is 9.20. The average molecular weight is 395 g/mol. The maximum Gasteiger partial charge on any atom is 0.338 e. The molecule has 0 saturated carbocycles. The zero-order chi connectivity index (χ0) is 20.5. The highest BCUT2D eigenvalue weighted by atomic mass is 16.5. The Hall–Kier alpha value is -3.48. The molecule has 1 aliphatic heterocycles. The lowest BCUT2D eigenvalue weighted by atomic mass is 10.00. The van der Waals surface area contributed by atoms with Crippen LogP contribution in [0.15, 0.2) is 40.8 Å². The summed E-state index contributed by atoms with van der Waals surface area (Å²) in [6.07, 6.45) is 0.784. The SMILES string of the molecule is COC(=O)c1cc(OC)c(OC)c2oc(C(=O)N3CCc4ccccc4C3)cc12. The van der Waals surface area contributed by atoms with Crippen LogP contribution in [-0.4, -0.2) is 44.7 Å². The lowest BCUT2D eigenvalue weighted by Crippen LogP contribution is -2.35. The summed E-state index contributed by atoms with van der Waals surface area (Å²) in [5.74, 6) is -0.0230. The first-order valence-corrected chi connectivity index (χ1v) is 9.20. The second-order valence-corrected chi connectivity index (χ2v) is 6.75. The Balaban J connectivity index is 1.77. The van der Waals surface area contributed by atoms with Gasteiger partial charge in [0.2, 0.25) is 5.75 Å². The Labute approximate surface area is 167 Å². The van der Waals surface area contributed by atoms with Crippen LogP contribution < -0.4 is 9.47 Å². The van der Waals surface area contributed by atoms with Gasteiger partial charge < -0.3 is 23.5 Å². The molecule has 0 fully saturated rings. The molecule has 3 aromatic rings. The molecule has 2 aromatic carbocycles. The maximum absolute atomic E-state index is 13.1. The highest BCUT2D eigenvalue weighted by Crippen LogP contribution is 2.40. The minimum Gasteiger partial charge on any atom is -0.493 e. The number of rotatable bonds is 4. The summed E-state index contributed by atoms with van der Waals surface area (Å²) in [6.45, 7) is 1.10. The van der Waals surface area contributed by atoms with Gasteiger partial charge in [-0.25, -0.2) is 4.79 Å². The van der Waals surface area contributed by atoms with E-state index in [9.17, 15) is 9.59 Å². The van der Waals surface area contributed by atoms with Gasteiger partial charge in [-0.1, -0.05) is 24.3 Å². The number of carbonyl (C=O) groups excluding carboxylic acids is 2. The number of esters is 1. The Kier molecular flexibility index (Phi) is 4.88. The van der Waals surface area contributed by atoms with E-state index in [4.69, 9.17) is 18.6 Å². The molecule has 2 heterocycles. The molecule has 0 N–H and O–H groups in total. The normalized spacial score (nSPS) is 13.1. The van der Waals surface area contributed by atoms with Crippen LogP contribution in [0.2, 0.25) is 0 Å². The molecular weight excluding hydrogens is 374 g/mol. The Bertz CT molecular complexity index is 1100. The number of benzene rings is 2. The van der Waals surface area contributed by atoms with Gasteiger partial charge in [-0.05, 0) is 29.7 Å². The molecule has 0 aliphatic carbocycles. The number of methoxy groups -OCH3 is 3. The molecule has 7 heteroatoms. The largest absolute Gasteiger partial charge is 0.493 e. The van der Waals surface area contributed by atoms with Crippen LogP contribution in [0.25, 0.3) is 11.0 Å². The van der Waals surface area contributed by atoms with E-state index in [0.717, 1.165) is 12.0 Å². The third kappa shape index (κ3) is 3.18. The van der Waals surface area contributed by atoms with E-state index < -0.39 is 5.97 Å². The molecule has 0 radical (unpaired) electrons. The molecule has 0 atom stereocenters. The van der Waals surface area contributed by atoms with Gasteiger partial charge in [-0.15, -0.1) is 0 Å². The van der Waals surface area contributed by atoms with Crippen molar-refractivity contribution >= 4 is 22.8 Å². The lowest BCUT2D eigenvalue weighted by Gasteiger charge is -2.28. The van der Waals surface area contributed by atoms with Crippen LogP contribution in [0.1, 0.15) is 32.0 Å². The van der Waals surface area contributed by atoms with E-state index in [-0.39, 0.29) is 22.8 Å². The van der Waals surface area contributed by atoms with Gasteiger partial charge in [0.25, 0.3) is 5.91 Å². The molecule has 7 nitrogen and oxygen atoms in total. The van der Waals surface area contributed by atoms with Gasteiger partial charge in [-0.3, -0.25) is 4.79 Å². The van der Waals surface area contributed by atoms with Gasteiger partial charge in [0.15, 0.2) is 17.1 Å². The fraction of sp³-hybridized carbons (Fsp3) is 0.273. The van der Waals surface area contributed by atoms with Crippen molar-refractivity contribution in [3.8, 4) is 11.5 Å². The van der Waals surface area contributed by atoms with Crippen molar-refractivity contribution in [2.24, 2.45) is 0 Å². The van der Waals surface area contributed by atoms with Crippen molar-refractivity contribution in [3.63, 3.8) is 0 Å². The minimum absolute atomic E-state index is 0.135. The third-order valence-electron chi connectivity index (χ3n) is 5.19. The molecular formula is C22H21NO6. The zero-order valence-electron chi connectivity index (χ0n) is 16.5. The van der Waals surface area contributed by atoms with Gasteiger partial charge in [0.05, 0.1) is 26.9 Å². The monoisotopic (exact) mass is 395 g/mol. The number of fused-ring (bicyclic) bond motifs is 2. The summed E-state index contributed by atoms with van der Waals surface area (Å²) < 4.78 is 21.5. The summed E-state index contributed by atoms with van der Waals surface area (Å²) in [7, 11) is 4.23. The average Bonchev–Trinajstić information content (AvgIpc) is 3.21. The standard InChI is InChI=1S/C22H21NO6/c1-26-17-11-16(22(25)28-3)15-10-18(29-19(15)20(17)27-2)21(24)23-9-8-13-6-4-5-7-14(13)12-23/h4-7,10-11H,8-9,12H2,1-3H3. The van der Waals surface area contributed by atoms with Crippen LogP contribution >= 0.6 is 0 Å². The van der Waals surface area contributed by atoms with Gasteiger partial charge >= 0.3 is 5.97 Å². The molecule has 0 saturated heterocycles. The smallest absolute Gasteiger partial charge is 0.338 e. The highest BCUT2D eigenvalue weighted by molar-refractivity contribution is 6.08. The number of carbonyl (C=O) groups is 2. The van der Waals surface area contributed by atoms with Crippen molar-refractivity contribution in [3.05, 3.63) is 58.8 Å². The fourth-order valence-corrected chi connectivity index (χ4v) is 3.70. The molecule has 29 heavy (non-hydrogen) atoms. The number of hydrogen-bond acceptors (Lipinski definition) is 6. The van der Waals surface area contributed by atoms with Crippen molar-refractivity contribution < 1.29 is 28.2 Å². The van der Waals surface area contributed by atoms with Crippen LogP contribution in [0.5, 0.6) is 11.5 Å². The van der Waals surface area contributed by atoms with Crippen LogP contribution in [0.4, 0.5) is 0 Å². The zero-order valence-corrected chi connectivity index (χ0v) is 16.5. The topological polar surface area (TPSA) is 78.2 Å². The maximum atomic E-state index is 13.1. The van der Waals surface area contributed by atoms with Crippen molar-refractivity contribution in [2.45, 2.75) is 13.0 Å². The van der Waals surface area contributed by atoms with Crippen molar-refractivity contribution in [2.75, 3.05) is 27.9 Å². The number of nitrogens with zero attached hydrogens (tertiary/aromatic N) is 1. The number of hydrogen-bond donors (Lipinski definition) is 0. The summed E-state index contributed by atoms with van der Waals surface area (Å²) in [5.41, 5.74) is 2.89. The highest BCUT2D eigenvalue weighted by Gasteiger charge is 2.28.